The van der Waals surface area contributed by atoms with Gasteiger partial charge in [0.05, 0.1) is 11.3 Å². The van der Waals surface area contributed by atoms with Crippen LogP contribution in [0.1, 0.15) is 19.8 Å². The largest absolute Gasteiger partial charge is 0.399 e. The van der Waals surface area contributed by atoms with Crippen LogP contribution in [0, 0.1) is 0 Å². The van der Waals surface area contributed by atoms with E-state index in [1.807, 2.05) is 25.1 Å². The fraction of sp³-hybridized carbons (Fsp3) is 0.500. The monoisotopic (exact) mass is 284 g/mol. The van der Waals surface area contributed by atoms with Gasteiger partial charge < -0.3 is 15.7 Å². The smallest absolute Gasteiger partial charge is 0.0653 e. The van der Waals surface area contributed by atoms with Gasteiger partial charge in [-0.1, -0.05) is 0 Å². The maximum atomic E-state index is 9.89. The van der Waals surface area contributed by atoms with Gasteiger partial charge in [-0.25, -0.2) is 0 Å². The normalized spacial score (nSPS) is 19.8. The molecule has 0 amide bonds. The van der Waals surface area contributed by atoms with Crippen LogP contribution in [0.25, 0.3) is 0 Å². The molecule has 0 radical (unpaired) electrons. The van der Waals surface area contributed by atoms with E-state index in [2.05, 4.69) is 20.8 Å². The lowest BCUT2D eigenvalue weighted by Gasteiger charge is -2.37. The highest BCUT2D eigenvalue weighted by molar-refractivity contribution is 9.10. The van der Waals surface area contributed by atoms with E-state index >= 15 is 0 Å². The first-order chi connectivity index (χ1) is 7.48. The number of anilines is 2. The van der Waals surface area contributed by atoms with Crippen molar-refractivity contribution in [3.8, 4) is 0 Å². The number of halogens is 1. The number of nitrogens with zero attached hydrogens (tertiary/aromatic N) is 1. The molecule has 1 aromatic carbocycles. The molecule has 4 heteroatoms. The molecule has 0 bridgehead atoms. The number of nitrogen functional groups attached to an aromatic ring is 1. The van der Waals surface area contributed by atoms with Crippen molar-refractivity contribution in [1.82, 2.24) is 0 Å². The topological polar surface area (TPSA) is 49.5 Å². The minimum atomic E-state index is -0.503. The summed E-state index contributed by atoms with van der Waals surface area (Å²) in [6.07, 6.45) is 1.62. The Morgan fingerprint density at radius 3 is 2.56 bits per heavy atom. The van der Waals surface area contributed by atoms with Crippen molar-refractivity contribution in [2.24, 2.45) is 0 Å². The molecule has 1 aliphatic rings. The number of nitrogens with two attached hydrogens (primary N) is 1. The van der Waals surface area contributed by atoms with Gasteiger partial charge in [0.25, 0.3) is 0 Å². The van der Waals surface area contributed by atoms with Gasteiger partial charge >= 0.3 is 0 Å². The van der Waals surface area contributed by atoms with Gasteiger partial charge in [0.15, 0.2) is 0 Å². The van der Waals surface area contributed by atoms with E-state index in [-0.39, 0.29) is 0 Å². The number of rotatable bonds is 1. The molecule has 0 unspecified atom stereocenters. The number of hydrogen-bond acceptors (Lipinski definition) is 3. The highest BCUT2D eigenvalue weighted by Gasteiger charge is 2.27. The van der Waals surface area contributed by atoms with Crippen LogP contribution >= 0.6 is 15.9 Å². The zero-order chi connectivity index (χ0) is 11.8. The lowest BCUT2D eigenvalue weighted by atomic mass is 9.93. The number of aliphatic hydroxyl groups is 1. The fourth-order valence-electron chi connectivity index (χ4n) is 2.01. The molecular formula is C12H17BrN2O. The predicted octanol–water partition coefficient (Wildman–Crippen LogP) is 2.38. The minimum absolute atomic E-state index is 0.503. The molecule has 1 fully saturated rings. The molecule has 2 rings (SSSR count). The third kappa shape index (κ3) is 2.50. The van der Waals surface area contributed by atoms with Gasteiger partial charge in [0, 0.05) is 23.2 Å². The molecule has 1 heterocycles. The summed E-state index contributed by atoms with van der Waals surface area (Å²) in [5, 5.41) is 9.89. The van der Waals surface area contributed by atoms with Gasteiger partial charge in [-0.15, -0.1) is 0 Å². The molecule has 16 heavy (non-hydrogen) atoms. The Bertz CT molecular complexity index is 383. The Morgan fingerprint density at radius 2 is 2.00 bits per heavy atom. The van der Waals surface area contributed by atoms with Crippen molar-refractivity contribution in [3.05, 3.63) is 22.7 Å². The molecule has 0 aliphatic carbocycles. The third-order valence-corrected chi connectivity index (χ3v) is 3.79. The maximum absolute atomic E-state index is 9.89. The third-order valence-electron chi connectivity index (χ3n) is 3.15. The van der Waals surface area contributed by atoms with Crippen molar-refractivity contribution in [2.75, 3.05) is 23.7 Å². The van der Waals surface area contributed by atoms with Gasteiger partial charge in [0.1, 0.15) is 0 Å². The molecule has 0 aromatic heterocycles. The summed E-state index contributed by atoms with van der Waals surface area (Å²) in [6, 6.07) is 5.86. The Labute approximate surface area is 104 Å². The molecule has 1 aromatic rings. The van der Waals surface area contributed by atoms with Crippen LogP contribution in [-0.4, -0.2) is 23.8 Å². The highest BCUT2D eigenvalue weighted by Crippen LogP contribution is 2.32. The maximum Gasteiger partial charge on any atom is 0.0653 e. The Kier molecular flexibility index (Phi) is 3.13. The first-order valence-corrected chi connectivity index (χ1v) is 6.30. The van der Waals surface area contributed by atoms with Crippen LogP contribution in [0.5, 0.6) is 0 Å². The second kappa shape index (κ2) is 4.26. The molecular weight excluding hydrogens is 268 g/mol. The summed E-state index contributed by atoms with van der Waals surface area (Å²) in [6.45, 7) is 3.67. The van der Waals surface area contributed by atoms with Crippen molar-refractivity contribution in [3.63, 3.8) is 0 Å². The van der Waals surface area contributed by atoms with E-state index in [1.54, 1.807) is 0 Å². The summed E-state index contributed by atoms with van der Waals surface area (Å²) in [5.41, 5.74) is 7.13. The molecule has 0 spiro atoms. The molecule has 3 N–H and O–H groups in total. The van der Waals surface area contributed by atoms with E-state index in [9.17, 15) is 5.11 Å². The average Bonchev–Trinajstić information content (AvgIpc) is 2.19. The fourth-order valence-corrected chi connectivity index (χ4v) is 2.66. The van der Waals surface area contributed by atoms with Gasteiger partial charge in [-0.2, -0.15) is 0 Å². The molecule has 0 atom stereocenters. The number of hydrogen-bond donors (Lipinski definition) is 2. The van der Waals surface area contributed by atoms with E-state index in [1.165, 1.54) is 0 Å². The number of piperidine rings is 1. The minimum Gasteiger partial charge on any atom is -0.399 e. The van der Waals surface area contributed by atoms with Crippen molar-refractivity contribution in [2.45, 2.75) is 25.4 Å². The van der Waals surface area contributed by atoms with Gasteiger partial charge in [-0.3, -0.25) is 0 Å². The lowest BCUT2D eigenvalue weighted by Crippen LogP contribution is -2.42. The Morgan fingerprint density at radius 1 is 1.38 bits per heavy atom. The molecule has 3 nitrogen and oxygen atoms in total. The molecule has 88 valence electrons. The molecule has 0 saturated carbocycles. The Hall–Kier alpha value is -0.740. The van der Waals surface area contributed by atoms with Gasteiger partial charge in [-0.05, 0) is 53.9 Å². The number of benzene rings is 1. The van der Waals surface area contributed by atoms with E-state index in [0.29, 0.717) is 0 Å². The van der Waals surface area contributed by atoms with Crippen LogP contribution in [0.15, 0.2) is 22.7 Å². The quantitative estimate of drug-likeness (QED) is 0.779. The van der Waals surface area contributed by atoms with Crippen LogP contribution < -0.4 is 10.6 Å². The van der Waals surface area contributed by atoms with E-state index < -0.39 is 5.60 Å². The van der Waals surface area contributed by atoms with Crippen LogP contribution in [0.4, 0.5) is 11.4 Å². The average molecular weight is 285 g/mol. The Balaban J connectivity index is 2.14. The van der Waals surface area contributed by atoms with Crippen LogP contribution in [-0.2, 0) is 0 Å². The predicted molar refractivity (Wildman–Crippen MR) is 70.6 cm³/mol. The zero-order valence-corrected chi connectivity index (χ0v) is 11.0. The first-order valence-electron chi connectivity index (χ1n) is 5.50. The summed E-state index contributed by atoms with van der Waals surface area (Å²) in [4.78, 5) is 2.28. The lowest BCUT2D eigenvalue weighted by molar-refractivity contribution is 0.0351. The first kappa shape index (κ1) is 11.7. The summed E-state index contributed by atoms with van der Waals surface area (Å²) in [7, 11) is 0. The van der Waals surface area contributed by atoms with Gasteiger partial charge in [0.2, 0.25) is 0 Å². The van der Waals surface area contributed by atoms with Crippen LogP contribution in [0.2, 0.25) is 0 Å². The second-order valence-corrected chi connectivity index (χ2v) is 5.55. The van der Waals surface area contributed by atoms with Crippen molar-refractivity contribution in [1.29, 1.82) is 0 Å². The van der Waals surface area contributed by atoms with E-state index in [4.69, 9.17) is 5.73 Å². The highest BCUT2D eigenvalue weighted by atomic mass is 79.9. The van der Waals surface area contributed by atoms with Crippen molar-refractivity contribution >= 4 is 27.3 Å². The standard InChI is InChI=1S/C12H17BrN2O/c1-12(16)4-6-15(7-5-12)11-3-2-9(14)8-10(11)13/h2-3,8,16H,4-7,14H2,1H3. The van der Waals surface area contributed by atoms with E-state index in [0.717, 1.165) is 41.8 Å². The van der Waals surface area contributed by atoms with Crippen molar-refractivity contribution < 1.29 is 5.11 Å². The summed E-state index contributed by atoms with van der Waals surface area (Å²) < 4.78 is 1.02. The molecule has 1 aliphatic heterocycles. The SMILES string of the molecule is CC1(O)CCN(c2ccc(N)cc2Br)CC1. The molecule has 1 saturated heterocycles. The summed E-state index contributed by atoms with van der Waals surface area (Å²) >= 11 is 3.53. The zero-order valence-electron chi connectivity index (χ0n) is 9.41. The van der Waals surface area contributed by atoms with Crippen LogP contribution in [0.3, 0.4) is 0 Å². The second-order valence-electron chi connectivity index (χ2n) is 4.69. The summed E-state index contributed by atoms with van der Waals surface area (Å²) in [5.74, 6) is 0.